The van der Waals surface area contributed by atoms with Crippen LogP contribution < -0.4 is 5.56 Å². The third kappa shape index (κ3) is 2.29. The Kier molecular flexibility index (Phi) is 3.35. The first-order valence-corrected chi connectivity index (χ1v) is 7.78. The number of aryl methyl sites for hydroxylation is 1. The Morgan fingerprint density at radius 2 is 2.11 bits per heavy atom. The molecule has 2 aromatic heterocycles. The van der Waals surface area contributed by atoms with Gasteiger partial charge in [-0.05, 0) is 47.7 Å². The van der Waals surface area contributed by atoms with Gasteiger partial charge in [0.15, 0.2) is 0 Å². The summed E-state index contributed by atoms with van der Waals surface area (Å²) < 4.78 is 1.05. The number of hydrogen-bond acceptors (Lipinski definition) is 3. The first-order valence-electron chi connectivity index (χ1n) is 6.10. The number of nitrogens with zero attached hydrogens (tertiary/aromatic N) is 1. The second-order valence-corrected chi connectivity index (χ2v) is 6.83. The topological polar surface area (TPSA) is 45.8 Å². The van der Waals surface area contributed by atoms with Crippen molar-refractivity contribution in [2.24, 2.45) is 0 Å². The monoisotopic (exact) mass is 324 g/mol. The van der Waals surface area contributed by atoms with Crippen molar-refractivity contribution < 1.29 is 0 Å². The molecule has 1 N–H and O–H groups in total. The molecule has 0 unspecified atom stereocenters. The minimum atomic E-state index is 0.0409. The Bertz CT molecular complexity index is 632. The molecular formula is C13H13BrN2OS. The van der Waals surface area contributed by atoms with E-state index >= 15 is 0 Å². The van der Waals surface area contributed by atoms with Crippen LogP contribution in [0.15, 0.2) is 20.0 Å². The summed E-state index contributed by atoms with van der Waals surface area (Å²) in [4.78, 5) is 19.7. The number of nitrogens with one attached hydrogen (secondary N) is 1. The molecule has 94 valence electrons. The maximum atomic E-state index is 12.1. The summed E-state index contributed by atoms with van der Waals surface area (Å²) in [7, 11) is 0. The number of halogens is 1. The van der Waals surface area contributed by atoms with Crippen LogP contribution in [0.25, 0.3) is 11.4 Å². The molecule has 0 radical (unpaired) electrons. The van der Waals surface area contributed by atoms with Crippen LogP contribution in [0.5, 0.6) is 0 Å². The molecule has 3 nitrogen and oxygen atoms in total. The van der Waals surface area contributed by atoms with E-state index in [0.29, 0.717) is 5.82 Å². The molecule has 1 aliphatic carbocycles. The van der Waals surface area contributed by atoms with Gasteiger partial charge < -0.3 is 4.98 Å². The highest BCUT2D eigenvalue weighted by Gasteiger charge is 2.15. The summed E-state index contributed by atoms with van der Waals surface area (Å²) in [6.45, 7) is 0. The zero-order valence-corrected chi connectivity index (χ0v) is 12.2. The summed E-state index contributed by atoms with van der Waals surface area (Å²) >= 11 is 5.04. The summed E-state index contributed by atoms with van der Waals surface area (Å²) in [6.07, 6.45) is 5.22. The number of fused-ring (bicyclic) bond motifs is 1. The van der Waals surface area contributed by atoms with Crippen LogP contribution in [0.2, 0.25) is 0 Å². The highest BCUT2D eigenvalue weighted by Crippen LogP contribution is 2.27. The van der Waals surface area contributed by atoms with Gasteiger partial charge in [0.2, 0.25) is 0 Å². The van der Waals surface area contributed by atoms with E-state index in [0.717, 1.165) is 46.3 Å². The maximum Gasteiger partial charge on any atom is 0.254 e. The largest absolute Gasteiger partial charge is 0.306 e. The van der Waals surface area contributed by atoms with Crippen molar-refractivity contribution in [1.29, 1.82) is 0 Å². The maximum absolute atomic E-state index is 12.1. The van der Waals surface area contributed by atoms with Crippen LogP contribution in [-0.2, 0) is 12.8 Å². The lowest BCUT2D eigenvalue weighted by Crippen LogP contribution is -2.17. The quantitative estimate of drug-likeness (QED) is 0.815. The zero-order valence-electron chi connectivity index (χ0n) is 9.83. The Morgan fingerprint density at radius 3 is 2.89 bits per heavy atom. The third-order valence-corrected chi connectivity index (χ3v) is 4.79. The third-order valence-electron chi connectivity index (χ3n) is 3.28. The highest BCUT2D eigenvalue weighted by atomic mass is 79.9. The predicted molar refractivity (Wildman–Crippen MR) is 77.1 cm³/mol. The van der Waals surface area contributed by atoms with Crippen molar-refractivity contribution in [3.05, 3.63) is 36.8 Å². The van der Waals surface area contributed by atoms with Crippen LogP contribution in [0, 0.1) is 0 Å². The Balaban J connectivity index is 2.10. The molecule has 0 aromatic carbocycles. The Labute approximate surface area is 117 Å². The van der Waals surface area contributed by atoms with Crippen LogP contribution in [0.3, 0.4) is 0 Å². The zero-order chi connectivity index (χ0) is 12.5. The van der Waals surface area contributed by atoms with E-state index < -0.39 is 0 Å². The van der Waals surface area contributed by atoms with Crippen LogP contribution in [-0.4, -0.2) is 9.97 Å². The molecule has 0 saturated heterocycles. The Morgan fingerprint density at radius 1 is 1.28 bits per heavy atom. The van der Waals surface area contributed by atoms with E-state index in [1.54, 1.807) is 11.3 Å². The molecule has 0 spiro atoms. The second kappa shape index (κ2) is 4.97. The van der Waals surface area contributed by atoms with Crippen molar-refractivity contribution in [3.63, 3.8) is 0 Å². The first kappa shape index (κ1) is 12.1. The number of aromatic amines is 1. The van der Waals surface area contributed by atoms with Crippen LogP contribution in [0.1, 0.15) is 30.5 Å². The van der Waals surface area contributed by atoms with Gasteiger partial charge in [-0.1, -0.05) is 6.42 Å². The van der Waals surface area contributed by atoms with E-state index in [4.69, 9.17) is 0 Å². The fraction of sp³-hybridized carbons (Fsp3) is 0.385. The molecule has 0 saturated carbocycles. The molecule has 0 atom stereocenters. The normalized spacial score (nSPS) is 15.2. The summed E-state index contributed by atoms with van der Waals surface area (Å²) in [5.74, 6) is 0.697. The van der Waals surface area contributed by atoms with Crippen LogP contribution in [0.4, 0.5) is 0 Å². The van der Waals surface area contributed by atoms with Gasteiger partial charge in [0.25, 0.3) is 5.56 Å². The fourth-order valence-electron chi connectivity index (χ4n) is 2.35. The minimum absolute atomic E-state index is 0.0409. The van der Waals surface area contributed by atoms with E-state index in [-0.39, 0.29) is 5.56 Å². The summed E-state index contributed by atoms with van der Waals surface area (Å²) in [5.41, 5.74) is 2.91. The van der Waals surface area contributed by atoms with Gasteiger partial charge in [0.1, 0.15) is 5.82 Å². The number of hydrogen-bond donors (Lipinski definition) is 1. The van der Waals surface area contributed by atoms with Gasteiger partial charge in [-0.15, -0.1) is 11.3 Å². The smallest absolute Gasteiger partial charge is 0.254 e. The summed E-state index contributed by atoms with van der Waals surface area (Å²) in [5, 5.41) is 2.01. The standard InChI is InChI=1S/C13H13BrN2OS/c14-11-6-8(7-18-11)12-15-10-5-3-1-2-4-9(10)13(17)16-12/h6-7H,1-5H2,(H,15,16,17). The van der Waals surface area contributed by atoms with E-state index in [2.05, 4.69) is 25.9 Å². The van der Waals surface area contributed by atoms with Crippen LogP contribution >= 0.6 is 27.3 Å². The molecule has 3 rings (SSSR count). The first-order chi connectivity index (χ1) is 8.74. The summed E-state index contributed by atoms with van der Waals surface area (Å²) in [6, 6.07) is 1.99. The molecular weight excluding hydrogens is 312 g/mol. The van der Waals surface area contributed by atoms with Gasteiger partial charge in [-0.25, -0.2) is 4.98 Å². The highest BCUT2D eigenvalue weighted by molar-refractivity contribution is 9.11. The average Bonchev–Trinajstić information content (AvgIpc) is 2.63. The molecule has 0 aliphatic heterocycles. The minimum Gasteiger partial charge on any atom is -0.306 e. The second-order valence-electron chi connectivity index (χ2n) is 4.54. The molecule has 1 aliphatic rings. The van der Waals surface area contributed by atoms with Crippen molar-refractivity contribution >= 4 is 27.3 Å². The van der Waals surface area contributed by atoms with E-state index in [9.17, 15) is 4.79 Å². The number of thiophene rings is 1. The van der Waals surface area contributed by atoms with Gasteiger partial charge in [0, 0.05) is 16.5 Å². The lowest BCUT2D eigenvalue weighted by Gasteiger charge is -2.05. The molecule has 18 heavy (non-hydrogen) atoms. The number of H-pyrrole nitrogens is 1. The van der Waals surface area contributed by atoms with E-state index in [1.165, 1.54) is 6.42 Å². The van der Waals surface area contributed by atoms with Gasteiger partial charge in [0.05, 0.1) is 9.48 Å². The molecule has 2 aromatic rings. The lowest BCUT2D eigenvalue weighted by molar-refractivity contribution is 0.708. The molecule has 5 heteroatoms. The average molecular weight is 325 g/mol. The SMILES string of the molecule is O=c1[nH]c(-c2csc(Br)c2)nc2c1CCCCC2. The molecule has 0 fully saturated rings. The van der Waals surface area contributed by atoms with Gasteiger partial charge >= 0.3 is 0 Å². The molecule has 2 heterocycles. The van der Waals surface area contributed by atoms with E-state index in [1.807, 2.05) is 11.4 Å². The molecule has 0 amide bonds. The van der Waals surface area contributed by atoms with Crippen molar-refractivity contribution in [3.8, 4) is 11.4 Å². The van der Waals surface area contributed by atoms with Gasteiger partial charge in [-0.3, -0.25) is 4.79 Å². The number of aromatic nitrogens is 2. The number of rotatable bonds is 1. The predicted octanol–water partition coefficient (Wildman–Crippen LogP) is 3.53. The fourth-order valence-corrected chi connectivity index (χ4v) is 3.49. The van der Waals surface area contributed by atoms with Crippen molar-refractivity contribution in [2.45, 2.75) is 32.1 Å². The van der Waals surface area contributed by atoms with Gasteiger partial charge in [-0.2, -0.15) is 0 Å². The Hall–Kier alpha value is -0.940. The lowest BCUT2D eigenvalue weighted by atomic mass is 10.1. The van der Waals surface area contributed by atoms with Crippen molar-refractivity contribution in [1.82, 2.24) is 9.97 Å². The van der Waals surface area contributed by atoms with Crippen molar-refractivity contribution in [2.75, 3.05) is 0 Å². The molecule has 0 bridgehead atoms.